The average Bonchev–Trinajstić information content (AvgIpc) is 2.59. The van der Waals surface area contributed by atoms with Crippen LogP contribution in [0.5, 0.6) is 0 Å². The molecule has 0 saturated heterocycles. The molecule has 1 aromatic carbocycles. The van der Waals surface area contributed by atoms with E-state index in [2.05, 4.69) is 25.1 Å². The molecule has 0 aliphatic heterocycles. The number of aromatic nitrogens is 1. The number of hydrogen-bond donors (Lipinski definition) is 0. The lowest BCUT2D eigenvalue weighted by atomic mass is 10.2. The Morgan fingerprint density at radius 3 is 2.73 bits per heavy atom. The standard InChI is InChI=1S/C13H15NO/c1-9-4-5-12-6-7-14(13(12)8-9)10(2)11(3)15/h4-8,10H,1-3H3. The normalized spacial score (nSPS) is 13.0. The maximum absolute atomic E-state index is 11.3. The Bertz CT molecular complexity index is 510. The van der Waals surface area contributed by atoms with E-state index < -0.39 is 0 Å². The summed E-state index contributed by atoms with van der Waals surface area (Å²) < 4.78 is 2.03. The Labute approximate surface area is 89.5 Å². The van der Waals surface area contributed by atoms with Crippen LogP contribution in [0.25, 0.3) is 10.9 Å². The third-order valence-electron chi connectivity index (χ3n) is 2.88. The molecule has 0 bridgehead atoms. The monoisotopic (exact) mass is 201 g/mol. The lowest BCUT2D eigenvalue weighted by molar-refractivity contribution is -0.119. The number of ketones is 1. The number of benzene rings is 1. The number of carbonyl (C=O) groups excluding carboxylic acids is 1. The molecule has 78 valence electrons. The Hall–Kier alpha value is -1.57. The minimum Gasteiger partial charge on any atom is -0.337 e. The predicted molar refractivity (Wildman–Crippen MR) is 62.1 cm³/mol. The molecule has 0 radical (unpaired) electrons. The molecular weight excluding hydrogens is 186 g/mol. The molecule has 0 aliphatic carbocycles. The minimum absolute atomic E-state index is 0.0794. The van der Waals surface area contributed by atoms with Crippen LogP contribution < -0.4 is 0 Å². The Morgan fingerprint density at radius 1 is 1.33 bits per heavy atom. The summed E-state index contributed by atoms with van der Waals surface area (Å²) in [6, 6.07) is 8.27. The van der Waals surface area contributed by atoms with Gasteiger partial charge in [-0.2, -0.15) is 0 Å². The molecule has 1 unspecified atom stereocenters. The highest BCUT2D eigenvalue weighted by Crippen LogP contribution is 2.21. The molecule has 0 spiro atoms. The topological polar surface area (TPSA) is 22.0 Å². The summed E-state index contributed by atoms with van der Waals surface area (Å²) in [5, 5.41) is 1.19. The first-order chi connectivity index (χ1) is 7.09. The van der Waals surface area contributed by atoms with E-state index in [1.807, 2.05) is 23.8 Å². The third kappa shape index (κ3) is 1.67. The van der Waals surface area contributed by atoms with Crippen LogP contribution >= 0.6 is 0 Å². The fourth-order valence-electron chi connectivity index (χ4n) is 1.79. The van der Waals surface area contributed by atoms with Crippen molar-refractivity contribution in [3.05, 3.63) is 36.0 Å². The minimum atomic E-state index is -0.0794. The number of carbonyl (C=O) groups is 1. The first-order valence-electron chi connectivity index (χ1n) is 5.17. The Balaban J connectivity index is 2.61. The van der Waals surface area contributed by atoms with Gasteiger partial charge >= 0.3 is 0 Å². The highest BCUT2D eigenvalue weighted by Gasteiger charge is 2.11. The summed E-state index contributed by atoms with van der Waals surface area (Å²) in [4.78, 5) is 11.3. The van der Waals surface area contributed by atoms with Gasteiger partial charge in [0.15, 0.2) is 5.78 Å². The van der Waals surface area contributed by atoms with Crippen LogP contribution in [0.3, 0.4) is 0 Å². The molecule has 2 nitrogen and oxygen atoms in total. The molecule has 0 aliphatic rings. The van der Waals surface area contributed by atoms with Gasteiger partial charge in [-0.3, -0.25) is 4.79 Å². The van der Waals surface area contributed by atoms with Crippen molar-refractivity contribution in [2.45, 2.75) is 26.8 Å². The molecule has 0 saturated carbocycles. The maximum Gasteiger partial charge on any atom is 0.152 e. The van der Waals surface area contributed by atoms with Crippen molar-refractivity contribution >= 4 is 16.7 Å². The molecule has 2 rings (SSSR count). The average molecular weight is 201 g/mol. The van der Waals surface area contributed by atoms with Crippen LogP contribution in [0.15, 0.2) is 30.5 Å². The summed E-state index contributed by atoms with van der Waals surface area (Å²) in [6.07, 6.45) is 1.98. The van der Waals surface area contributed by atoms with Crippen LogP contribution in [-0.2, 0) is 4.79 Å². The molecule has 1 aromatic heterocycles. The lowest BCUT2D eigenvalue weighted by Crippen LogP contribution is -2.11. The van der Waals surface area contributed by atoms with Crippen LogP contribution in [0.2, 0.25) is 0 Å². The lowest BCUT2D eigenvalue weighted by Gasteiger charge is -2.11. The second-order valence-electron chi connectivity index (χ2n) is 4.07. The van der Waals surface area contributed by atoms with Crippen molar-refractivity contribution in [2.75, 3.05) is 0 Å². The number of fused-ring (bicyclic) bond motifs is 1. The van der Waals surface area contributed by atoms with Gasteiger partial charge in [-0.1, -0.05) is 12.1 Å². The van der Waals surface area contributed by atoms with E-state index in [0.717, 1.165) is 5.52 Å². The van der Waals surface area contributed by atoms with Crippen molar-refractivity contribution in [1.29, 1.82) is 0 Å². The Kier molecular flexibility index (Phi) is 2.35. The first kappa shape index (κ1) is 9.97. The highest BCUT2D eigenvalue weighted by atomic mass is 16.1. The van der Waals surface area contributed by atoms with E-state index in [4.69, 9.17) is 0 Å². The number of rotatable bonds is 2. The SMILES string of the molecule is CC(=O)C(C)n1ccc2ccc(C)cc21. The van der Waals surface area contributed by atoms with Crippen molar-refractivity contribution in [3.8, 4) is 0 Å². The van der Waals surface area contributed by atoms with Crippen LogP contribution in [0, 0.1) is 6.92 Å². The van der Waals surface area contributed by atoms with Crippen LogP contribution in [-0.4, -0.2) is 10.4 Å². The number of aryl methyl sites for hydroxylation is 1. The second kappa shape index (κ2) is 3.54. The summed E-state index contributed by atoms with van der Waals surface area (Å²) >= 11 is 0. The van der Waals surface area contributed by atoms with Crippen molar-refractivity contribution < 1.29 is 4.79 Å². The highest BCUT2D eigenvalue weighted by molar-refractivity contribution is 5.85. The van der Waals surface area contributed by atoms with Crippen molar-refractivity contribution in [3.63, 3.8) is 0 Å². The van der Waals surface area contributed by atoms with E-state index in [0.29, 0.717) is 0 Å². The van der Waals surface area contributed by atoms with E-state index in [-0.39, 0.29) is 11.8 Å². The van der Waals surface area contributed by atoms with E-state index in [1.165, 1.54) is 10.9 Å². The van der Waals surface area contributed by atoms with Crippen LogP contribution in [0.4, 0.5) is 0 Å². The summed E-state index contributed by atoms with van der Waals surface area (Å²) in [7, 11) is 0. The molecule has 0 fully saturated rings. The summed E-state index contributed by atoms with van der Waals surface area (Å²) in [6.45, 7) is 5.63. The molecule has 2 aromatic rings. The van der Waals surface area contributed by atoms with E-state index in [1.54, 1.807) is 6.92 Å². The molecule has 0 amide bonds. The second-order valence-corrected chi connectivity index (χ2v) is 4.07. The van der Waals surface area contributed by atoms with Gasteiger partial charge in [0.2, 0.25) is 0 Å². The fourth-order valence-corrected chi connectivity index (χ4v) is 1.79. The van der Waals surface area contributed by atoms with Crippen LogP contribution in [0.1, 0.15) is 25.5 Å². The van der Waals surface area contributed by atoms with Gasteiger partial charge in [0.25, 0.3) is 0 Å². The van der Waals surface area contributed by atoms with Gasteiger partial charge in [-0.15, -0.1) is 0 Å². The van der Waals surface area contributed by atoms with E-state index >= 15 is 0 Å². The third-order valence-corrected chi connectivity index (χ3v) is 2.88. The zero-order valence-corrected chi connectivity index (χ0v) is 9.32. The van der Waals surface area contributed by atoms with Gasteiger partial charge in [-0.25, -0.2) is 0 Å². The maximum atomic E-state index is 11.3. The molecule has 15 heavy (non-hydrogen) atoms. The molecule has 1 atom stereocenters. The fraction of sp³-hybridized carbons (Fsp3) is 0.308. The number of Topliss-reactive ketones (excluding diaryl/α,β-unsaturated/α-hetero) is 1. The number of hydrogen-bond acceptors (Lipinski definition) is 1. The predicted octanol–water partition coefficient (Wildman–Crippen LogP) is 3.10. The van der Waals surface area contributed by atoms with Gasteiger partial charge in [0, 0.05) is 11.7 Å². The first-order valence-corrected chi connectivity index (χ1v) is 5.17. The van der Waals surface area contributed by atoms with Crippen molar-refractivity contribution in [1.82, 2.24) is 4.57 Å². The molecule has 0 N–H and O–H groups in total. The summed E-state index contributed by atoms with van der Waals surface area (Å²) in [5.74, 6) is 0.189. The Morgan fingerprint density at radius 2 is 2.07 bits per heavy atom. The molecule has 1 heterocycles. The number of nitrogens with zero attached hydrogens (tertiary/aromatic N) is 1. The largest absolute Gasteiger partial charge is 0.337 e. The van der Waals surface area contributed by atoms with E-state index in [9.17, 15) is 4.79 Å². The van der Waals surface area contributed by atoms with Crippen molar-refractivity contribution in [2.24, 2.45) is 0 Å². The molecular formula is C13H15NO. The smallest absolute Gasteiger partial charge is 0.152 e. The van der Waals surface area contributed by atoms with Gasteiger partial charge in [0.1, 0.15) is 0 Å². The molecule has 2 heteroatoms. The van der Waals surface area contributed by atoms with Gasteiger partial charge in [-0.05, 0) is 43.9 Å². The van der Waals surface area contributed by atoms with Gasteiger partial charge < -0.3 is 4.57 Å². The van der Waals surface area contributed by atoms with Gasteiger partial charge in [0.05, 0.1) is 6.04 Å². The summed E-state index contributed by atoms with van der Waals surface area (Å²) in [5.41, 5.74) is 2.36. The zero-order valence-electron chi connectivity index (χ0n) is 9.32. The zero-order chi connectivity index (χ0) is 11.0. The quantitative estimate of drug-likeness (QED) is 0.731.